The number of rotatable bonds is 4. The Hall–Kier alpha value is -2.00. The zero-order chi connectivity index (χ0) is 15.4. The highest BCUT2D eigenvalue weighted by molar-refractivity contribution is 5.40. The molecule has 0 aliphatic carbocycles. The van der Waals surface area contributed by atoms with Crippen molar-refractivity contribution in [3.63, 3.8) is 0 Å². The highest BCUT2D eigenvalue weighted by Gasteiger charge is 2.19. The maximum absolute atomic E-state index is 5.75. The smallest absolute Gasteiger partial charge is 0.0314 e. The summed E-state index contributed by atoms with van der Waals surface area (Å²) in [6.07, 6.45) is 3.73. The molecule has 1 aliphatic heterocycles. The lowest BCUT2D eigenvalue weighted by Gasteiger charge is -2.32. The van der Waals surface area contributed by atoms with Gasteiger partial charge in [-0.3, -0.25) is 4.90 Å². The Morgan fingerprint density at radius 1 is 0.773 bits per heavy atom. The SMILES string of the molecule is Nc1ccc(CC2CCN(Cc3ccc(N)cc3)CC2)cc1. The van der Waals surface area contributed by atoms with Gasteiger partial charge in [-0.15, -0.1) is 0 Å². The molecular weight excluding hydrogens is 270 g/mol. The minimum atomic E-state index is 0.797. The van der Waals surface area contributed by atoms with Crippen LogP contribution in [-0.4, -0.2) is 18.0 Å². The topological polar surface area (TPSA) is 55.3 Å². The number of nitrogen functional groups attached to an aromatic ring is 2. The molecule has 0 aromatic heterocycles. The third-order valence-electron chi connectivity index (χ3n) is 4.60. The second kappa shape index (κ2) is 6.84. The minimum Gasteiger partial charge on any atom is -0.399 e. The van der Waals surface area contributed by atoms with E-state index in [9.17, 15) is 0 Å². The number of benzene rings is 2. The quantitative estimate of drug-likeness (QED) is 0.851. The van der Waals surface area contributed by atoms with E-state index in [0.717, 1.165) is 23.8 Å². The molecule has 0 radical (unpaired) electrons. The van der Waals surface area contributed by atoms with Gasteiger partial charge in [0, 0.05) is 17.9 Å². The number of likely N-dealkylation sites (tertiary alicyclic amines) is 1. The molecule has 1 fully saturated rings. The molecule has 1 heterocycles. The molecule has 3 nitrogen and oxygen atoms in total. The zero-order valence-corrected chi connectivity index (χ0v) is 13.0. The van der Waals surface area contributed by atoms with Crippen LogP contribution in [0.5, 0.6) is 0 Å². The van der Waals surface area contributed by atoms with E-state index in [1.807, 2.05) is 24.3 Å². The summed E-state index contributed by atoms with van der Waals surface area (Å²) in [6, 6.07) is 16.6. The second-order valence-electron chi connectivity index (χ2n) is 6.41. The lowest BCUT2D eigenvalue weighted by Crippen LogP contribution is -2.33. The molecule has 2 aromatic rings. The largest absolute Gasteiger partial charge is 0.399 e. The third kappa shape index (κ3) is 4.01. The molecule has 0 spiro atoms. The van der Waals surface area contributed by atoms with E-state index in [0.29, 0.717) is 0 Å². The predicted molar refractivity (Wildman–Crippen MR) is 93.4 cm³/mol. The van der Waals surface area contributed by atoms with Gasteiger partial charge in [-0.2, -0.15) is 0 Å². The van der Waals surface area contributed by atoms with Crippen molar-refractivity contribution in [1.82, 2.24) is 4.90 Å². The Kier molecular flexibility index (Phi) is 4.64. The Balaban J connectivity index is 1.47. The first-order valence-electron chi connectivity index (χ1n) is 8.10. The third-order valence-corrected chi connectivity index (χ3v) is 4.60. The fourth-order valence-electron chi connectivity index (χ4n) is 3.22. The van der Waals surface area contributed by atoms with Gasteiger partial charge in [0.2, 0.25) is 0 Å². The van der Waals surface area contributed by atoms with E-state index in [1.54, 1.807) is 0 Å². The number of hydrogen-bond donors (Lipinski definition) is 2. The molecule has 2 aromatic carbocycles. The van der Waals surface area contributed by atoms with Crippen LogP contribution in [-0.2, 0) is 13.0 Å². The fourth-order valence-corrected chi connectivity index (χ4v) is 3.22. The summed E-state index contributed by atoms with van der Waals surface area (Å²) < 4.78 is 0. The van der Waals surface area contributed by atoms with Gasteiger partial charge in [0.1, 0.15) is 0 Å². The molecule has 0 unspecified atom stereocenters. The molecule has 22 heavy (non-hydrogen) atoms. The van der Waals surface area contributed by atoms with Gasteiger partial charge in [0.05, 0.1) is 0 Å². The number of nitrogens with zero attached hydrogens (tertiary/aromatic N) is 1. The van der Waals surface area contributed by atoms with Crippen LogP contribution in [0.4, 0.5) is 11.4 Å². The van der Waals surface area contributed by atoms with Crippen LogP contribution in [0.25, 0.3) is 0 Å². The monoisotopic (exact) mass is 295 g/mol. The molecule has 0 amide bonds. The summed E-state index contributed by atoms with van der Waals surface area (Å²) in [7, 11) is 0. The van der Waals surface area contributed by atoms with Crippen molar-refractivity contribution in [2.24, 2.45) is 5.92 Å². The summed E-state index contributed by atoms with van der Waals surface area (Å²) >= 11 is 0. The molecule has 0 atom stereocenters. The van der Waals surface area contributed by atoms with Gasteiger partial charge >= 0.3 is 0 Å². The van der Waals surface area contributed by atoms with Crippen molar-refractivity contribution in [3.8, 4) is 0 Å². The molecule has 0 saturated carbocycles. The van der Waals surface area contributed by atoms with Crippen LogP contribution in [0, 0.1) is 5.92 Å². The average molecular weight is 295 g/mol. The van der Waals surface area contributed by atoms with Gasteiger partial charge in [0.25, 0.3) is 0 Å². The van der Waals surface area contributed by atoms with Gasteiger partial charge in [0.15, 0.2) is 0 Å². The van der Waals surface area contributed by atoms with Crippen LogP contribution < -0.4 is 11.5 Å². The van der Waals surface area contributed by atoms with Crippen LogP contribution in [0.3, 0.4) is 0 Å². The van der Waals surface area contributed by atoms with E-state index < -0.39 is 0 Å². The van der Waals surface area contributed by atoms with Crippen LogP contribution in [0.1, 0.15) is 24.0 Å². The lowest BCUT2D eigenvalue weighted by atomic mass is 9.90. The molecule has 1 aliphatic rings. The van der Waals surface area contributed by atoms with Crippen LogP contribution in [0.2, 0.25) is 0 Å². The second-order valence-corrected chi connectivity index (χ2v) is 6.41. The van der Waals surface area contributed by atoms with Crippen LogP contribution >= 0.6 is 0 Å². The summed E-state index contributed by atoms with van der Waals surface area (Å²) in [5.41, 5.74) is 15.9. The van der Waals surface area contributed by atoms with Crippen LogP contribution in [0.15, 0.2) is 48.5 Å². The number of nitrogens with two attached hydrogens (primary N) is 2. The van der Waals surface area contributed by atoms with Crippen molar-refractivity contribution >= 4 is 11.4 Å². The summed E-state index contributed by atoms with van der Waals surface area (Å²) in [6.45, 7) is 3.41. The standard InChI is InChI=1S/C19H25N3/c20-18-5-1-15(2-6-18)13-16-9-11-22(12-10-16)14-17-3-7-19(21)8-4-17/h1-8,16H,9-14,20-21H2. The maximum Gasteiger partial charge on any atom is 0.0314 e. The molecule has 0 bridgehead atoms. The fraction of sp³-hybridized carbons (Fsp3) is 0.368. The highest BCUT2D eigenvalue weighted by atomic mass is 15.1. The van der Waals surface area contributed by atoms with Gasteiger partial charge in [-0.25, -0.2) is 0 Å². The summed E-state index contributed by atoms with van der Waals surface area (Å²) in [5, 5.41) is 0. The molecule has 1 saturated heterocycles. The Bertz CT molecular complexity index is 526. The number of piperidine rings is 1. The van der Waals surface area contributed by atoms with E-state index in [-0.39, 0.29) is 0 Å². The molecule has 4 N–H and O–H groups in total. The van der Waals surface area contributed by atoms with Gasteiger partial charge < -0.3 is 11.5 Å². The minimum absolute atomic E-state index is 0.797. The van der Waals surface area contributed by atoms with Crippen molar-refractivity contribution in [2.75, 3.05) is 24.6 Å². The molecular formula is C19H25N3. The zero-order valence-electron chi connectivity index (χ0n) is 13.0. The van der Waals surface area contributed by atoms with Crippen molar-refractivity contribution in [1.29, 1.82) is 0 Å². The van der Waals surface area contributed by atoms with Gasteiger partial charge in [-0.1, -0.05) is 24.3 Å². The lowest BCUT2D eigenvalue weighted by molar-refractivity contribution is 0.177. The number of anilines is 2. The summed E-state index contributed by atoms with van der Waals surface area (Å²) in [4.78, 5) is 2.55. The van der Waals surface area contributed by atoms with E-state index in [1.165, 1.54) is 43.5 Å². The predicted octanol–water partition coefficient (Wildman–Crippen LogP) is 3.31. The van der Waals surface area contributed by atoms with E-state index >= 15 is 0 Å². The molecule has 3 heteroatoms. The van der Waals surface area contributed by atoms with Gasteiger partial charge in [-0.05, 0) is 73.7 Å². The Morgan fingerprint density at radius 3 is 1.82 bits per heavy atom. The molecule has 3 rings (SSSR count). The Morgan fingerprint density at radius 2 is 1.27 bits per heavy atom. The first-order valence-corrected chi connectivity index (χ1v) is 8.10. The van der Waals surface area contributed by atoms with Crippen molar-refractivity contribution in [2.45, 2.75) is 25.8 Å². The molecule has 116 valence electrons. The summed E-state index contributed by atoms with van der Waals surface area (Å²) in [5.74, 6) is 0.797. The first kappa shape index (κ1) is 14.9. The van der Waals surface area contributed by atoms with Crippen molar-refractivity contribution < 1.29 is 0 Å². The maximum atomic E-state index is 5.75. The highest BCUT2D eigenvalue weighted by Crippen LogP contribution is 2.23. The Labute approximate surface area is 132 Å². The first-order chi connectivity index (χ1) is 10.7. The average Bonchev–Trinajstić information content (AvgIpc) is 2.54. The van der Waals surface area contributed by atoms with E-state index in [2.05, 4.69) is 29.2 Å². The van der Waals surface area contributed by atoms with Crippen molar-refractivity contribution in [3.05, 3.63) is 59.7 Å². The van der Waals surface area contributed by atoms with E-state index in [4.69, 9.17) is 11.5 Å². The normalized spacial score (nSPS) is 16.7. The number of hydrogen-bond acceptors (Lipinski definition) is 3.